The maximum absolute atomic E-state index is 5.79. The van der Waals surface area contributed by atoms with Crippen LogP contribution in [0.3, 0.4) is 0 Å². The molecule has 18 heavy (non-hydrogen) atoms. The molecule has 3 N–H and O–H groups in total. The Kier molecular flexibility index (Phi) is 5.69. The summed E-state index contributed by atoms with van der Waals surface area (Å²) >= 11 is 0. The van der Waals surface area contributed by atoms with Gasteiger partial charge in [0.15, 0.2) is 5.96 Å². The molecule has 0 heterocycles. The average Bonchev–Trinajstić information content (AvgIpc) is 2.29. The Morgan fingerprint density at radius 2 is 2.06 bits per heavy atom. The highest BCUT2D eigenvalue weighted by atomic mass is 15.1. The van der Waals surface area contributed by atoms with Crippen LogP contribution in [0.5, 0.6) is 0 Å². The van der Waals surface area contributed by atoms with Crippen LogP contribution in [-0.4, -0.2) is 19.0 Å². The second kappa shape index (κ2) is 7.04. The molecule has 0 unspecified atom stereocenters. The van der Waals surface area contributed by atoms with Crippen LogP contribution in [0.25, 0.3) is 0 Å². The molecule has 100 valence electrons. The second-order valence-electron chi connectivity index (χ2n) is 5.23. The van der Waals surface area contributed by atoms with Crippen LogP contribution < -0.4 is 11.1 Å². The first kappa shape index (κ1) is 14.6. The summed E-state index contributed by atoms with van der Waals surface area (Å²) < 4.78 is 0. The van der Waals surface area contributed by atoms with Gasteiger partial charge in [0.05, 0.1) is 0 Å². The molecule has 0 aliphatic rings. The van der Waals surface area contributed by atoms with Gasteiger partial charge in [-0.15, -0.1) is 0 Å². The molecule has 0 amide bonds. The van der Waals surface area contributed by atoms with E-state index in [1.165, 1.54) is 16.7 Å². The molecule has 0 saturated carbocycles. The molecule has 0 aliphatic heterocycles. The van der Waals surface area contributed by atoms with Gasteiger partial charge in [-0.25, -0.2) is 0 Å². The van der Waals surface area contributed by atoms with Crippen molar-refractivity contribution >= 4 is 5.96 Å². The topological polar surface area (TPSA) is 50.4 Å². The quantitative estimate of drug-likeness (QED) is 0.620. The van der Waals surface area contributed by atoms with Gasteiger partial charge in [0.25, 0.3) is 0 Å². The number of nitrogens with one attached hydrogen (secondary N) is 1. The van der Waals surface area contributed by atoms with E-state index in [4.69, 9.17) is 5.73 Å². The molecule has 0 atom stereocenters. The highest BCUT2D eigenvalue weighted by Crippen LogP contribution is 2.10. The second-order valence-corrected chi connectivity index (χ2v) is 5.23. The average molecular weight is 247 g/mol. The van der Waals surface area contributed by atoms with E-state index in [1.54, 1.807) is 0 Å². The molecule has 1 aromatic carbocycles. The minimum absolute atomic E-state index is 0.546. The third kappa shape index (κ3) is 5.21. The first-order valence-electron chi connectivity index (χ1n) is 6.59. The number of hydrogen-bond donors (Lipinski definition) is 2. The number of rotatable bonds is 5. The number of hydrogen-bond acceptors (Lipinski definition) is 1. The molecule has 0 bridgehead atoms. The number of nitrogens with zero attached hydrogens (tertiary/aromatic N) is 1. The Balaban J connectivity index is 2.39. The molecule has 0 aromatic heterocycles. The number of nitrogens with two attached hydrogens (primary N) is 1. The van der Waals surface area contributed by atoms with Gasteiger partial charge in [-0.1, -0.05) is 37.6 Å². The van der Waals surface area contributed by atoms with Crippen molar-refractivity contribution in [3.63, 3.8) is 0 Å². The van der Waals surface area contributed by atoms with Gasteiger partial charge in [-0.2, -0.15) is 0 Å². The molecule has 0 fully saturated rings. The Labute approximate surface area is 111 Å². The Morgan fingerprint density at radius 1 is 1.33 bits per heavy atom. The van der Waals surface area contributed by atoms with Crippen LogP contribution in [0.1, 0.15) is 30.5 Å². The highest BCUT2D eigenvalue weighted by molar-refractivity contribution is 5.77. The summed E-state index contributed by atoms with van der Waals surface area (Å²) in [6, 6.07) is 6.55. The Hall–Kier alpha value is -1.51. The van der Waals surface area contributed by atoms with Crippen molar-refractivity contribution in [3.8, 4) is 0 Å². The van der Waals surface area contributed by atoms with E-state index in [-0.39, 0.29) is 0 Å². The van der Waals surface area contributed by atoms with Crippen LogP contribution in [0.4, 0.5) is 0 Å². The zero-order valence-electron chi connectivity index (χ0n) is 12.0. The van der Waals surface area contributed by atoms with Crippen LogP contribution in [0.2, 0.25) is 0 Å². The summed E-state index contributed by atoms with van der Waals surface area (Å²) in [5.74, 6) is 1.10. The third-order valence-corrected chi connectivity index (χ3v) is 2.83. The van der Waals surface area contributed by atoms with Gasteiger partial charge >= 0.3 is 0 Å². The van der Waals surface area contributed by atoms with E-state index in [2.05, 4.69) is 56.2 Å². The van der Waals surface area contributed by atoms with Crippen LogP contribution in [0.15, 0.2) is 23.2 Å². The lowest BCUT2D eigenvalue weighted by atomic mass is 10.0. The number of guanidine groups is 1. The van der Waals surface area contributed by atoms with Gasteiger partial charge in [-0.3, -0.25) is 4.99 Å². The summed E-state index contributed by atoms with van der Waals surface area (Å²) in [4.78, 5) is 4.27. The van der Waals surface area contributed by atoms with E-state index in [1.807, 2.05) is 0 Å². The minimum atomic E-state index is 0.546. The molecule has 0 radical (unpaired) electrons. The van der Waals surface area contributed by atoms with Crippen molar-refractivity contribution in [2.45, 2.75) is 34.1 Å². The van der Waals surface area contributed by atoms with Crippen LogP contribution >= 0.6 is 0 Å². The molecule has 3 nitrogen and oxygen atoms in total. The largest absolute Gasteiger partial charge is 0.370 e. The molecular formula is C15H25N3. The zero-order chi connectivity index (χ0) is 13.5. The van der Waals surface area contributed by atoms with E-state index in [9.17, 15) is 0 Å². The van der Waals surface area contributed by atoms with E-state index in [0.29, 0.717) is 11.9 Å². The fourth-order valence-corrected chi connectivity index (χ4v) is 1.79. The molecule has 0 aliphatic carbocycles. The lowest BCUT2D eigenvalue weighted by Crippen LogP contribution is -2.33. The van der Waals surface area contributed by atoms with Gasteiger partial charge in [0.2, 0.25) is 0 Å². The smallest absolute Gasteiger partial charge is 0.188 e. The lowest BCUT2D eigenvalue weighted by molar-refractivity contribution is 0.661. The van der Waals surface area contributed by atoms with Crippen molar-refractivity contribution in [2.24, 2.45) is 16.6 Å². The van der Waals surface area contributed by atoms with Gasteiger partial charge < -0.3 is 11.1 Å². The molecule has 1 rings (SSSR count). The number of benzene rings is 1. The van der Waals surface area contributed by atoms with Crippen LogP contribution in [0, 0.1) is 19.8 Å². The van der Waals surface area contributed by atoms with Crippen molar-refractivity contribution in [2.75, 3.05) is 13.1 Å². The fourth-order valence-electron chi connectivity index (χ4n) is 1.79. The van der Waals surface area contributed by atoms with E-state index >= 15 is 0 Å². The van der Waals surface area contributed by atoms with Crippen molar-refractivity contribution < 1.29 is 0 Å². The van der Waals surface area contributed by atoms with Crippen molar-refractivity contribution in [1.29, 1.82) is 0 Å². The van der Waals surface area contributed by atoms with E-state index < -0.39 is 0 Å². The predicted octanol–water partition coefficient (Wildman–Crippen LogP) is 2.41. The Morgan fingerprint density at radius 3 is 2.67 bits per heavy atom. The Bertz CT molecular complexity index is 408. The number of aryl methyl sites for hydroxylation is 2. The summed E-state index contributed by atoms with van der Waals surface area (Å²) in [5.41, 5.74) is 9.80. The highest BCUT2D eigenvalue weighted by Gasteiger charge is 1.99. The third-order valence-electron chi connectivity index (χ3n) is 2.83. The molecule has 0 spiro atoms. The van der Waals surface area contributed by atoms with Gasteiger partial charge in [0, 0.05) is 13.1 Å². The van der Waals surface area contributed by atoms with Gasteiger partial charge in [0.1, 0.15) is 0 Å². The lowest BCUT2D eigenvalue weighted by Gasteiger charge is -2.09. The summed E-state index contributed by atoms with van der Waals surface area (Å²) in [7, 11) is 0. The molecular weight excluding hydrogens is 222 g/mol. The molecule has 3 heteroatoms. The fraction of sp³-hybridized carbons (Fsp3) is 0.533. The van der Waals surface area contributed by atoms with Crippen molar-refractivity contribution in [1.82, 2.24) is 5.32 Å². The summed E-state index contributed by atoms with van der Waals surface area (Å²) in [6.45, 7) is 10.1. The summed E-state index contributed by atoms with van der Waals surface area (Å²) in [6.07, 6.45) is 0.976. The van der Waals surface area contributed by atoms with Crippen LogP contribution in [-0.2, 0) is 6.42 Å². The SMILES string of the molecule is Cc1ccc(CCNC(N)=NCC(C)C)c(C)c1. The standard InChI is InChI=1S/C15H25N3/c1-11(2)10-18-15(16)17-8-7-14-6-5-12(3)9-13(14)4/h5-6,9,11H,7-8,10H2,1-4H3,(H3,16,17,18). The summed E-state index contributed by atoms with van der Waals surface area (Å²) in [5, 5.41) is 3.16. The van der Waals surface area contributed by atoms with Crippen molar-refractivity contribution in [3.05, 3.63) is 34.9 Å². The maximum atomic E-state index is 5.79. The predicted molar refractivity (Wildman–Crippen MR) is 79.0 cm³/mol. The molecule has 1 aromatic rings. The zero-order valence-corrected chi connectivity index (χ0v) is 12.0. The molecule has 0 saturated heterocycles. The monoisotopic (exact) mass is 247 g/mol. The van der Waals surface area contributed by atoms with E-state index in [0.717, 1.165) is 19.5 Å². The maximum Gasteiger partial charge on any atom is 0.188 e. The number of aliphatic imine (C=N–C) groups is 1. The first-order valence-corrected chi connectivity index (χ1v) is 6.59. The normalized spacial score (nSPS) is 11.9. The minimum Gasteiger partial charge on any atom is -0.370 e. The first-order chi connectivity index (χ1) is 8.49. The van der Waals surface area contributed by atoms with Gasteiger partial charge in [-0.05, 0) is 37.3 Å².